The lowest BCUT2D eigenvalue weighted by atomic mass is 9.67. The molecule has 5 rings (SSSR count). The number of nitrogens with one attached hydrogen (secondary N) is 1. The summed E-state index contributed by atoms with van der Waals surface area (Å²) in [6.45, 7) is 0.787. The highest BCUT2D eigenvalue weighted by atomic mass is 35.5. The first-order valence-electron chi connectivity index (χ1n) is 9.80. The third-order valence-corrected chi connectivity index (χ3v) is 6.28. The van der Waals surface area contributed by atoms with Crippen molar-refractivity contribution in [2.24, 2.45) is 0 Å². The van der Waals surface area contributed by atoms with Gasteiger partial charge in [0, 0.05) is 5.02 Å². The molecule has 5 heteroatoms. The fraction of sp³-hybridized carbons (Fsp3) is 0.208. The summed E-state index contributed by atoms with van der Waals surface area (Å²) in [4.78, 5) is 15.8. The number of halogens is 2. The summed E-state index contributed by atoms with van der Waals surface area (Å²) < 4.78 is 14.0. The number of anilines is 2. The number of para-hydroxylation sites is 1. The molecule has 146 valence electrons. The standard InChI is InChI=1S/C24H20ClFN2O/c25-17-7-4-9-19(15-17)28-21-11-2-1-10-20(21)24(23(28)29)12-5-13-27-22(24)16-6-3-8-18(26)14-16/h1-4,6-11,14-15,22,27H,5,12-13H2. The van der Waals surface area contributed by atoms with Crippen LogP contribution in [0.15, 0.2) is 72.8 Å². The van der Waals surface area contributed by atoms with Gasteiger partial charge in [-0.2, -0.15) is 0 Å². The molecule has 1 spiro atoms. The zero-order valence-corrected chi connectivity index (χ0v) is 16.5. The number of hydrogen-bond donors (Lipinski definition) is 1. The molecular weight excluding hydrogens is 387 g/mol. The maximum atomic E-state index is 14.1. The quantitative estimate of drug-likeness (QED) is 0.607. The van der Waals surface area contributed by atoms with Crippen molar-refractivity contribution in [3.8, 4) is 0 Å². The number of carbonyl (C=O) groups is 1. The van der Waals surface area contributed by atoms with Crippen LogP contribution in [0.1, 0.15) is 30.0 Å². The minimum atomic E-state index is -0.787. The van der Waals surface area contributed by atoms with E-state index >= 15 is 0 Å². The van der Waals surface area contributed by atoms with E-state index in [2.05, 4.69) is 5.32 Å². The van der Waals surface area contributed by atoms with Crippen molar-refractivity contribution in [2.45, 2.75) is 24.3 Å². The Bertz CT molecular complexity index is 1100. The number of benzene rings is 3. The van der Waals surface area contributed by atoms with Crippen LogP contribution in [0, 0.1) is 5.82 Å². The molecule has 2 heterocycles. The Morgan fingerprint density at radius 1 is 1.03 bits per heavy atom. The predicted molar refractivity (Wildman–Crippen MR) is 113 cm³/mol. The highest BCUT2D eigenvalue weighted by Gasteiger charge is 2.57. The van der Waals surface area contributed by atoms with E-state index in [0.717, 1.165) is 35.5 Å². The van der Waals surface area contributed by atoms with Crippen LogP contribution in [0.25, 0.3) is 0 Å². The number of rotatable bonds is 2. The second-order valence-electron chi connectivity index (χ2n) is 7.65. The van der Waals surface area contributed by atoms with Crippen LogP contribution < -0.4 is 10.2 Å². The van der Waals surface area contributed by atoms with Gasteiger partial charge in [0.2, 0.25) is 5.91 Å². The third-order valence-electron chi connectivity index (χ3n) is 6.05. The first kappa shape index (κ1) is 18.3. The molecule has 3 aromatic carbocycles. The largest absolute Gasteiger partial charge is 0.309 e. The SMILES string of the molecule is O=C1N(c2cccc(Cl)c2)c2ccccc2C12CCCNC2c1cccc(F)c1. The Morgan fingerprint density at radius 2 is 1.86 bits per heavy atom. The van der Waals surface area contributed by atoms with Crippen molar-refractivity contribution in [3.63, 3.8) is 0 Å². The molecule has 1 fully saturated rings. The van der Waals surface area contributed by atoms with Crippen LogP contribution in [0.2, 0.25) is 5.02 Å². The Kier molecular flexibility index (Phi) is 4.41. The van der Waals surface area contributed by atoms with E-state index in [1.165, 1.54) is 12.1 Å². The summed E-state index contributed by atoms with van der Waals surface area (Å²) in [5.74, 6) is -0.294. The number of piperidine rings is 1. The molecule has 2 aliphatic heterocycles. The molecule has 0 radical (unpaired) electrons. The van der Waals surface area contributed by atoms with E-state index in [4.69, 9.17) is 11.6 Å². The molecule has 1 saturated heterocycles. The van der Waals surface area contributed by atoms with E-state index in [9.17, 15) is 9.18 Å². The van der Waals surface area contributed by atoms with Crippen molar-refractivity contribution in [1.82, 2.24) is 5.32 Å². The molecule has 0 aliphatic carbocycles. The Balaban J connectivity index is 1.72. The van der Waals surface area contributed by atoms with Crippen LogP contribution in [0.3, 0.4) is 0 Å². The number of nitrogens with zero attached hydrogens (tertiary/aromatic N) is 1. The van der Waals surface area contributed by atoms with E-state index in [1.54, 1.807) is 17.0 Å². The Hall–Kier alpha value is -2.69. The van der Waals surface area contributed by atoms with Crippen LogP contribution in [-0.4, -0.2) is 12.5 Å². The molecule has 1 N–H and O–H groups in total. The maximum Gasteiger partial charge on any atom is 0.244 e. The number of fused-ring (bicyclic) bond motifs is 2. The van der Waals surface area contributed by atoms with Crippen molar-refractivity contribution >= 4 is 28.9 Å². The van der Waals surface area contributed by atoms with Gasteiger partial charge < -0.3 is 5.32 Å². The predicted octanol–water partition coefficient (Wildman–Crippen LogP) is 5.52. The zero-order chi connectivity index (χ0) is 20.0. The molecule has 3 aromatic rings. The van der Waals surface area contributed by atoms with Gasteiger partial charge in [-0.05, 0) is 66.9 Å². The minimum absolute atomic E-state index is 0.00225. The summed E-state index contributed by atoms with van der Waals surface area (Å²) in [6, 6.07) is 21.5. The van der Waals surface area contributed by atoms with E-state index < -0.39 is 5.41 Å². The van der Waals surface area contributed by atoms with Crippen LogP contribution in [0.5, 0.6) is 0 Å². The zero-order valence-electron chi connectivity index (χ0n) is 15.7. The van der Waals surface area contributed by atoms with Gasteiger partial charge in [0.1, 0.15) is 5.82 Å². The highest BCUT2D eigenvalue weighted by Crippen LogP contribution is 2.54. The normalized spacial score (nSPS) is 23.4. The summed E-state index contributed by atoms with van der Waals surface area (Å²) in [6.07, 6.45) is 1.57. The molecule has 29 heavy (non-hydrogen) atoms. The average molecular weight is 407 g/mol. The summed E-state index contributed by atoms with van der Waals surface area (Å²) in [5, 5.41) is 4.09. The van der Waals surface area contributed by atoms with Crippen LogP contribution >= 0.6 is 11.6 Å². The van der Waals surface area contributed by atoms with E-state index in [1.807, 2.05) is 48.5 Å². The lowest BCUT2D eigenvalue weighted by Gasteiger charge is -2.41. The van der Waals surface area contributed by atoms with Crippen LogP contribution in [-0.2, 0) is 10.2 Å². The van der Waals surface area contributed by atoms with Gasteiger partial charge in [0.25, 0.3) is 0 Å². The van der Waals surface area contributed by atoms with Crippen molar-refractivity contribution < 1.29 is 9.18 Å². The molecule has 2 aliphatic rings. The van der Waals surface area contributed by atoms with Crippen molar-refractivity contribution in [2.75, 3.05) is 11.4 Å². The second kappa shape index (κ2) is 6.97. The third kappa shape index (κ3) is 2.78. The molecule has 2 atom stereocenters. The molecule has 1 amide bonds. The van der Waals surface area contributed by atoms with Crippen LogP contribution in [0.4, 0.5) is 15.8 Å². The Labute approximate surface area is 174 Å². The summed E-state index contributed by atoms with van der Waals surface area (Å²) >= 11 is 6.23. The maximum absolute atomic E-state index is 14.1. The van der Waals surface area contributed by atoms with Gasteiger partial charge >= 0.3 is 0 Å². The van der Waals surface area contributed by atoms with Gasteiger partial charge in [-0.3, -0.25) is 9.69 Å². The van der Waals surface area contributed by atoms with E-state index in [-0.39, 0.29) is 17.8 Å². The van der Waals surface area contributed by atoms with Gasteiger partial charge in [-0.1, -0.05) is 48.0 Å². The van der Waals surface area contributed by atoms with Gasteiger partial charge in [0.15, 0.2) is 0 Å². The van der Waals surface area contributed by atoms with Gasteiger partial charge in [-0.15, -0.1) is 0 Å². The number of carbonyl (C=O) groups excluding carboxylic acids is 1. The molecule has 0 bridgehead atoms. The average Bonchev–Trinajstić information content (AvgIpc) is 2.97. The lowest BCUT2D eigenvalue weighted by molar-refractivity contribution is -0.124. The van der Waals surface area contributed by atoms with Crippen molar-refractivity contribution in [1.29, 1.82) is 0 Å². The summed E-state index contributed by atoms with van der Waals surface area (Å²) in [7, 11) is 0. The molecule has 0 saturated carbocycles. The topological polar surface area (TPSA) is 32.3 Å². The van der Waals surface area contributed by atoms with Crippen molar-refractivity contribution in [3.05, 3.63) is 94.8 Å². The molecule has 2 unspecified atom stereocenters. The Morgan fingerprint density at radius 3 is 2.69 bits per heavy atom. The first-order chi connectivity index (χ1) is 14.1. The summed E-state index contributed by atoms with van der Waals surface area (Å²) in [5.41, 5.74) is 2.60. The lowest BCUT2D eigenvalue weighted by Crippen LogP contribution is -2.52. The first-order valence-corrected chi connectivity index (χ1v) is 10.2. The van der Waals surface area contributed by atoms with E-state index in [0.29, 0.717) is 11.4 Å². The van der Waals surface area contributed by atoms with Gasteiger partial charge in [0.05, 0.1) is 22.8 Å². The highest BCUT2D eigenvalue weighted by molar-refractivity contribution is 6.31. The molecular formula is C24H20ClFN2O. The fourth-order valence-electron chi connectivity index (χ4n) is 4.88. The smallest absolute Gasteiger partial charge is 0.244 e. The monoisotopic (exact) mass is 406 g/mol. The van der Waals surface area contributed by atoms with Gasteiger partial charge in [-0.25, -0.2) is 4.39 Å². The number of hydrogen-bond acceptors (Lipinski definition) is 2. The second-order valence-corrected chi connectivity index (χ2v) is 8.09. The fourth-order valence-corrected chi connectivity index (χ4v) is 5.07. The minimum Gasteiger partial charge on any atom is -0.309 e. The molecule has 0 aromatic heterocycles. The molecule has 3 nitrogen and oxygen atoms in total. The number of amides is 1.